The number of aliphatic hydroxyl groups excluding tert-OH is 1. The normalized spacial score (nSPS) is 14.3. The molecule has 8 nitrogen and oxygen atoms in total. The van der Waals surface area contributed by atoms with E-state index in [9.17, 15) is 19.4 Å². The largest absolute Gasteiger partial charge is 0.756 e. The average Bonchev–Trinajstić information content (AvgIpc) is 3.25. The standard InChI is InChI=1S/C55H107N2O6P/c1-6-8-10-11-12-13-14-15-16-17-18-19-20-21-22-23-24-25-26-27-28-29-30-31-32-33-34-35-36-37-38-39-40-41-42-43-44-45-47-49-55(59)56-53(54(58)48-46-9-7-2)52-63-64(60,61)62-51-50-57(3,4)5/h14-15,17-18,20-21,53-54,58H,6-13,16,19,22-52H2,1-5H3,(H-,56,59,60,61)/b15-14-,18-17-,21-20-. The smallest absolute Gasteiger partial charge is 0.268 e. The third-order valence-corrected chi connectivity index (χ3v) is 13.3. The van der Waals surface area contributed by atoms with Crippen LogP contribution in [0.1, 0.15) is 258 Å². The van der Waals surface area contributed by atoms with Crippen molar-refractivity contribution in [2.45, 2.75) is 270 Å². The number of nitrogens with one attached hydrogen (secondary N) is 1. The minimum atomic E-state index is -4.54. The second kappa shape index (κ2) is 46.8. The summed E-state index contributed by atoms with van der Waals surface area (Å²) in [6.07, 6.45) is 60.2. The molecule has 0 saturated heterocycles. The van der Waals surface area contributed by atoms with Crippen LogP contribution in [0.4, 0.5) is 0 Å². The molecule has 0 aliphatic carbocycles. The van der Waals surface area contributed by atoms with Crippen molar-refractivity contribution >= 4 is 13.7 Å². The predicted octanol–water partition coefficient (Wildman–Crippen LogP) is 15.6. The Bertz CT molecular complexity index is 1140. The number of aliphatic hydroxyl groups is 1. The van der Waals surface area contributed by atoms with Crippen LogP contribution in [-0.4, -0.2) is 68.5 Å². The number of hydrogen-bond donors (Lipinski definition) is 2. The first kappa shape index (κ1) is 62.7. The van der Waals surface area contributed by atoms with Crippen LogP contribution in [0, 0.1) is 0 Å². The molecule has 1 amide bonds. The molecule has 0 spiro atoms. The molecule has 3 atom stereocenters. The third kappa shape index (κ3) is 48.6. The second-order valence-corrected chi connectivity index (χ2v) is 21.4. The first-order chi connectivity index (χ1) is 31.0. The van der Waals surface area contributed by atoms with Crippen LogP contribution < -0.4 is 10.2 Å². The molecule has 64 heavy (non-hydrogen) atoms. The summed E-state index contributed by atoms with van der Waals surface area (Å²) in [5.41, 5.74) is 0. The average molecular weight is 923 g/mol. The number of allylic oxidation sites excluding steroid dienone is 6. The molecule has 0 fully saturated rings. The second-order valence-electron chi connectivity index (χ2n) is 19.9. The summed E-state index contributed by atoms with van der Waals surface area (Å²) in [7, 11) is 1.30. The fraction of sp³-hybridized carbons (Fsp3) is 0.873. The van der Waals surface area contributed by atoms with Crippen molar-refractivity contribution in [3.63, 3.8) is 0 Å². The van der Waals surface area contributed by atoms with Crippen LogP contribution in [0.2, 0.25) is 0 Å². The van der Waals surface area contributed by atoms with Crippen molar-refractivity contribution < 1.29 is 32.9 Å². The van der Waals surface area contributed by atoms with Gasteiger partial charge in [0.25, 0.3) is 7.82 Å². The Kier molecular flexibility index (Phi) is 45.9. The Hall–Kier alpha value is -1.28. The van der Waals surface area contributed by atoms with Gasteiger partial charge in [-0.05, 0) is 51.4 Å². The van der Waals surface area contributed by atoms with Gasteiger partial charge in [-0.3, -0.25) is 9.36 Å². The van der Waals surface area contributed by atoms with E-state index in [0.29, 0.717) is 23.9 Å². The highest BCUT2D eigenvalue weighted by Gasteiger charge is 2.24. The van der Waals surface area contributed by atoms with Crippen LogP contribution in [-0.2, 0) is 18.4 Å². The van der Waals surface area contributed by atoms with Gasteiger partial charge in [-0.2, -0.15) is 0 Å². The summed E-state index contributed by atoms with van der Waals surface area (Å²) in [5.74, 6) is -0.173. The first-order valence-electron chi connectivity index (χ1n) is 27.3. The van der Waals surface area contributed by atoms with Gasteiger partial charge < -0.3 is 28.8 Å². The highest BCUT2D eigenvalue weighted by molar-refractivity contribution is 7.45. The number of carbonyl (C=O) groups excluding carboxylic acids is 1. The van der Waals surface area contributed by atoms with Gasteiger partial charge in [0.2, 0.25) is 5.91 Å². The molecule has 2 N–H and O–H groups in total. The van der Waals surface area contributed by atoms with E-state index in [-0.39, 0.29) is 19.1 Å². The lowest BCUT2D eigenvalue weighted by Crippen LogP contribution is -2.46. The Morgan fingerprint density at radius 1 is 0.547 bits per heavy atom. The van der Waals surface area contributed by atoms with E-state index in [1.165, 1.54) is 180 Å². The molecule has 378 valence electrons. The van der Waals surface area contributed by atoms with Crippen LogP contribution in [0.15, 0.2) is 36.5 Å². The van der Waals surface area contributed by atoms with E-state index in [1.807, 2.05) is 21.1 Å². The molecule has 9 heteroatoms. The lowest BCUT2D eigenvalue weighted by Gasteiger charge is -2.30. The van der Waals surface area contributed by atoms with Crippen LogP contribution in [0.5, 0.6) is 0 Å². The first-order valence-corrected chi connectivity index (χ1v) is 28.8. The number of quaternary nitrogens is 1. The van der Waals surface area contributed by atoms with Gasteiger partial charge in [0.05, 0.1) is 39.9 Å². The lowest BCUT2D eigenvalue weighted by molar-refractivity contribution is -0.870. The summed E-state index contributed by atoms with van der Waals surface area (Å²) < 4.78 is 23.0. The Balaban J connectivity index is 3.61. The molecule has 0 saturated carbocycles. The zero-order valence-electron chi connectivity index (χ0n) is 43.0. The van der Waals surface area contributed by atoms with Crippen molar-refractivity contribution in [1.29, 1.82) is 0 Å². The Labute approximate surface area is 397 Å². The van der Waals surface area contributed by atoms with Gasteiger partial charge in [0.15, 0.2) is 0 Å². The molecular weight excluding hydrogens is 816 g/mol. The molecule has 0 rings (SSSR count). The summed E-state index contributed by atoms with van der Waals surface area (Å²) in [4.78, 5) is 25.0. The fourth-order valence-electron chi connectivity index (χ4n) is 8.05. The molecular formula is C55H107N2O6P. The monoisotopic (exact) mass is 923 g/mol. The predicted molar refractivity (Wildman–Crippen MR) is 275 cm³/mol. The quantitative estimate of drug-likeness (QED) is 0.0272. The molecule has 0 heterocycles. The maximum atomic E-state index is 12.7. The van der Waals surface area contributed by atoms with Gasteiger partial charge in [-0.1, -0.05) is 237 Å². The van der Waals surface area contributed by atoms with E-state index in [1.54, 1.807) is 0 Å². The highest BCUT2D eigenvalue weighted by atomic mass is 31.2. The minimum Gasteiger partial charge on any atom is -0.756 e. The number of phosphoric acid groups is 1. The number of nitrogens with zero attached hydrogens (tertiary/aromatic N) is 1. The van der Waals surface area contributed by atoms with Crippen LogP contribution in [0.3, 0.4) is 0 Å². The van der Waals surface area contributed by atoms with E-state index in [0.717, 1.165) is 51.4 Å². The zero-order valence-corrected chi connectivity index (χ0v) is 43.9. The minimum absolute atomic E-state index is 0.0120. The summed E-state index contributed by atoms with van der Waals surface area (Å²) in [5, 5.41) is 13.6. The molecule has 0 aromatic carbocycles. The van der Waals surface area contributed by atoms with E-state index in [2.05, 4.69) is 55.6 Å². The molecule has 0 bridgehead atoms. The van der Waals surface area contributed by atoms with Gasteiger partial charge in [-0.15, -0.1) is 0 Å². The number of phosphoric ester groups is 1. The molecule has 0 aromatic rings. The van der Waals surface area contributed by atoms with Crippen LogP contribution in [0.25, 0.3) is 0 Å². The van der Waals surface area contributed by atoms with E-state index < -0.39 is 20.0 Å². The Morgan fingerprint density at radius 3 is 1.31 bits per heavy atom. The molecule has 0 radical (unpaired) electrons. The van der Waals surface area contributed by atoms with E-state index in [4.69, 9.17) is 9.05 Å². The topological polar surface area (TPSA) is 108 Å². The summed E-state index contributed by atoms with van der Waals surface area (Å²) in [6, 6.07) is -0.793. The number of hydrogen-bond acceptors (Lipinski definition) is 6. The maximum absolute atomic E-state index is 12.7. The van der Waals surface area contributed by atoms with E-state index >= 15 is 0 Å². The Morgan fingerprint density at radius 2 is 0.906 bits per heavy atom. The van der Waals surface area contributed by atoms with Crippen molar-refractivity contribution in [3.05, 3.63) is 36.5 Å². The zero-order chi connectivity index (χ0) is 47.1. The highest BCUT2D eigenvalue weighted by Crippen LogP contribution is 2.38. The van der Waals surface area contributed by atoms with Crippen LogP contribution >= 0.6 is 7.82 Å². The maximum Gasteiger partial charge on any atom is 0.268 e. The molecule has 0 aliphatic heterocycles. The van der Waals surface area contributed by atoms with Gasteiger partial charge >= 0.3 is 0 Å². The number of rotatable bonds is 50. The number of likely N-dealkylation sites (N-methyl/N-ethyl adjacent to an activating group) is 1. The third-order valence-electron chi connectivity index (χ3n) is 12.4. The van der Waals surface area contributed by atoms with Crippen molar-refractivity contribution in [2.24, 2.45) is 0 Å². The van der Waals surface area contributed by atoms with Gasteiger partial charge in [-0.25, -0.2) is 0 Å². The number of unbranched alkanes of at least 4 members (excludes halogenated alkanes) is 31. The summed E-state index contributed by atoms with van der Waals surface area (Å²) in [6.45, 7) is 4.55. The number of amides is 1. The van der Waals surface area contributed by atoms with Crippen molar-refractivity contribution in [1.82, 2.24) is 5.32 Å². The molecule has 0 aromatic heterocycles. The van der Waals surface area contributed by atoms with Crippen molar-refractivity contribution in [2.75, 3.05) is 40.9 Å². The fourth-order valence-corrected chi connectivity index (χ4v) is 8.77. The lowest BCUT2D eigenvalue weighted by atomic mass is 10.0. The van der Waals surface area contributed by atoms with Gasteiger partial charge in [0.1, 0.15) is 13.2 Å². The SMILES string of the molecule is CCCCCCC/C=C\C/C=C\C/C=C\CCCCCCCCCCCCCCCCCCCCCCCCCCC(=O)NC(COP(=O)([O-])OCC[N+](C)(C)C)C(O)CCCCC. The molecule has 3 unspecified atom stereocenters. The number of carbonyl (C=O) groups is 1. The van der Waals surface area contributed by atoms with Crippen molar-refractivity contribution in [3.8, 4) is 0 Å². The summed E-state index contributed by atoms with van der Waals surface area (Å²) >= 11 is 0. The van der Waals surface area contributed by atoms with Gasteiger partial charge in [0, 0.05) is 6.42 Å². The molecule has 0 aliphatic rings.